The SMILES string of the molecule is CN1C(=O)N([C@H](N)CCCC(=O)OC(=O)OC(C)(C)C)C(=O)C1(C)C. The number of likely N-dealkylation sites (N-methyl/N-ethyl adjacent to an activating group) is 1. The second-order valence-electron chi connectivity index (χ2n) is 7.47. The molecule has 1 rings (SSSR count). The van der Waals surface area contributed by atoms with Crippen LogP contribution >= 0.6 is 0 Å². The van der Waals surface area contributed by atoms with Gasteiger partial charge in [0.15, 0.2) is 0 Å². The Balaban J connectivity index is 2.46. The lowest BCUT2D eigenvalue weighted by Gasteiger charge is -2.23. The van der Waals surface area contributed by atoms with Gasteiger partial charge in [-0.15, -0.1) is 0 Å². The molecule has 0 spiro atoms. The van der Waals surface area contributed by atoms with Crippen molar-refractivity contribution in [3.8, 4) is 0 Å². The van der Waals surface area contributed by atoms with Crippen molar-refractivity contribution in [1.82, 2.24) is 9.80 Å². The van der Waals surface area contributed by atoms with Crippen molar-refractivity contribution in [2.75, 3.05) is 7.05 Å². The van der Waals surface area contributed by atoms with E-state index >= 15 is 0 Å². The number of ether oxygens (including phenoxy) is 2. The highest BCUT2D eigenvalue weighted by atomic mass is 16.7. The van der Waals surface area contributed by atoms with E-state index < -0.39 is 35.5 Å². The highest BCUT2D eigenvalue weighted by Gasteiger charge is 2.50. The smallest absolute Gasteiger partial charge is 0.428 e. The number of hydrogen-bond acceptors (Lipinski definition) is 7. The zero-order valence-electron chi connectivity index (χ0n) is 15.6. The summed E-state index contributed by atoms with van der Waals surface area (Å²) in [4.78, 5) is 49.7. The van der Waals surface area contributed by atoms with Crippen LogP contribution in [-0.4, -0.2) is 58.2 Å². The van der Waals surface area contributed by atoms with Crippen molar-refractivity contribution >= 4 is 24.1 Å². The van der Waals surface area contributed by atoms with E-state index in [9.17, 15) is 19.2 Å². The lowest BCUT2D eigenvalue weighted by Crippen LogP contribution is -2.47. The molecule has 0 saturated carbocycles. The summed E-state index contributed by atoms with van der Waals surface area (Å²) >= 11 is 0. The molecule has 0 radical (unpaired) electrons. The second kappa shape index (κ2) is 7.38. The van der Waals surface area contributed by atoms with Crippen LogP contribution in [0.25, 0.3) is 0 Å². The fraction of sp³-hybridized carbons (Fsp3) is 0.750. The molecule has 0 aromatic rings. The number of rotatable bonds is 5. The Labute approximate surface area is 147 Å². The van der Waals surface area contributed by atoms with Crippen LogP contribution < -0.4 is 5.73 Å². The Morgan fingerprint density at radius 3 is 2.24 bits per heavy atom. The Bertz CT molecular complexity index is 567. The van der Waals surface area contributed by atoms with E-state index in [2.05, 4.69) is 4.74 Å². The molecule has 1 fully saturated rings. The minimum Gasteiger partial charge on any atom is -0.428 e. The number of carbonyl (C=O) groups is 4. The van der Waals surface area contributed by atoms with Gasteiger partial charge in [-0.3, -0.25) is 9.59 Å². The molecule has 1 atom stereocenters. The van der Waals surface area contributed by atoms with E-state index in [1.165, 1.54) is 11.9 Å². The van der Waals surface area contributed by atoms with Gasteiger partial charge in [0.2, 0.25) is 0 Å². The van der Waals surface area contributed by atoms with Gasteiger partial charge in [-0.1, -0.05) is 0 Å². The lowest BCUT2D eigenvalue weighted by atomic mass is 10.0. The van der Waals surface area contributed by atoms with Crippen molar-refractivity contribution in [1.29, 1.82) is 0 Å². The Morgan fingerprint density at radius 1 is 1.24 bits per heavy atom. The van der Waals surface area contributed by atoms with Gasteiger partial charge in [-0.25, -0.2) is 14.5 Å². The van der Waals surface area contributed by atoms with Crippen LogP contribution in [0.1, 0.15) is 53.9 Å². The number of nitrogens with two attached hydrogens (primary N) is 1. The first-order valence-electron chi connectivity index (χ1n) is 8.08. The summed E-state index contributed by atoms with van der Waals surface area (Å²) in [5.41, 5.74) is 4.22. The Kier molecular flexibility index (Phi) is 6.17. The van der Waals surface area contributed by atoms with Gasteiger partial charge < -0.3 is 20.1 Å². The normalized spacial score (nSPS) is 18.4. The molecule has 0 unspecified atom stereocenters. The summed E-state index contributed by atoms with van der Waals surface area (Å²) < 4.78 is 9.40. The zero-order valence-corrected chi connectivity index (χ0v) is 15.6. The molecule has 0 bridgehead atoms. The van der Waals surface area contributed by atoms with E-state index in [-0.39, 0.29) is 25.2 Å². The first kappa shape index (κ1) is 20.9. The third-order valence-electron chi connectivity index (χ3n) is 3.87. The first-order valence-corrected chi connectivity index (χ1v) is 8.08. The Morgan fingerprint density at radius 2 is 1.80 bits per heavy atom. The summed E-state index contributed by atoms with van der Waals surface area (Å²) in [6.45, 7) is 8.23. The van der Waals surface area contributed by atoms with E-state index in [1.807, 2.05) is 0 Å². The average molecular weight is 357 g/mol. The summed E-state index contributed by atoms with van der Waals surface area (Å²) in [7, 11) is 1.53. The van der Waals surface area contributed by atoms with Crippen LogP contribution in [0.5, 0.6) is 0 Å². The molecule has 1 saturated heterocycles. The molecule has 2 N–H and O–H groups in total. The van der Waals surface area contributed by atoms with Crippen LogP contribution in [0.3, 0.4) is 0 Å². The van der Waals surface area contributed by atoms with Crippen LogP contribution in [0, 0.1) is 0 Å². The van der Waals surface area contributed by atoms with Crippen molar-refractivity contribution in [2.45, 2.75) is 71.2 Å². The summed E-state index contributed by atoms with van der Waals surface area (Å²) in [6, 6.07) is -0.473. The summed E-state index contributed by atoms with van der Waals surface area (Å²) in [5.74, 6) is -1.14. The van der Waals surface area contributed by atoms with E-state index in [0.717, 1.165) is 4.90 Å². The number of esters is 1. The predicted molar refractivity (Wildman–Crippen MR) is 88.2 cm³/mol. The molecule has 0 aromatic carbocycles. The van der Waals surface area contributed by atoms with Crippen molar-refractivity contribution in [2.24, 2.45) is 5.73 Å². The highest BCUT2D eigenvalue weighted by molar-refractivity contribution is 6.06. The molecule has 1 aliphatic rings. The molecule has 9 heteroatoms. The van der Waals surface area contributed by atoms with Gasteiger partial charge >= 0.3 is 18.2 Å². The topological polar surface area (TPSA) is 119 Å². The fourth-order valence-electron chi connectivity index (χ4n) is 2.22. The molecule has 3 amide bonds. The predicted octanol–water partition coefficient (Wildman–Crippen LogP) is 1.59. The van der Waals surface area contributed by atoms with Crippen molar-refractivity contribution in [3.63, 3.8) is 0 Å². The number of urea groups is 1. The number of hydrogen-bond donors (Lipinski definition) is 1. The van der Waals surface area contributed by atoms with E-state index in [4.69, 9.17) is 10.5 Å². The average Bonchev–Trinajstić information content (AvgIpc) is 2.57. The standard InChI is InChI=1S/C16H27N3O6/c1-15(2,3)25-14(23)24-11(20)9-7-8-10(17)19-12(21)16(4,5)18(6)13(19)22/h10H,7-9,17H2,1-6H3/t10-/m0/s1. The molecule has 142 valence electrons. The molecule has 1 aliphatic heterocycles. The number of carbonyl (C=O) groups excluding carboxylic acids is 4. The van der Waals surface area contributed by atoms with E-state index in [0.29, 0.717) is 0 Å². The zero-order chi connectivity index (χ0) is 19.6. The maximum Gasteiger partial charge on any atom is 0.516 e. The van der Waals surface area contributed by atoms with Crippen LogP contribution in [0.2, 0.25) is 0 Å². The van der Waals surface area contributed by atoms with Crippen molar-refractivity contribution in [3.05, 3.63) is 0 Å². The first-order chi connectivity index (χ1) is 11.3. The van der Waals surface area contributed by atoms with Crippen LogP contribution in [0.15, 0.2) is 0 Å². The minimum atomic E-state index is -1.06. The molecule has 9 nitrogen and oxygen atoms in total. The number of amides is 3. The van der Waals surface area contributed by atoms with Gasteiger partial charge in [-0.05, 0) is 47.5 Å². The molecule has 1 heterocycles. The van der Waals surface area contributed by atoms with Gasteiger partial charge in [0.1, 0.15) is 11.1 Å². The fourth-order valence-corrected chi connectivity index (χ4v) is 2.22. The van der Waals surface area contributed by atoms with Gasteiger partial charge in [0, 0.05) is 13.5 Å². The number of nitrogens with zero attached hydrogens (tertiary/aromatic N) is 2. The lowest BCUT2D eigenvalue weighted by molar-refractivity contribution is -0.141. The quantitative estimate of drug-likeness (QED) is 0.451. The molecular formula is C16H27N3O6. The third-order valence-corrected chi connectivity index (χ3v) is 3.87. The second-order valence-corrected chi connectivity index (χ2v) is 7.47. The monoisotopic (exact) mass is 357 g/mol. The van der Waals surface area contributed by atoms with Gasteiger partial charge in [0.05, 0.1) is 6.17 Å². The largest absolute Gasteiger partial charge is 0.516 e. The maximum absolute atomic E-state index is 12.3. The van der Waals surface area contributed by atoms with Gasteiger partial charge in [-0.2, -0.15) is 0 Å². The maximum atomic E-state index is 12.3. The molecule has 0 aromatic heterocycles. The van der Waals surface area contributed by atoms with E-state index in [1.54, 1.807) is 34.6 Å². The van der Waals surface area contributed by atoms with Crippen molar-refractivity contribution < 1.29 is 28.7 Å². The molecule has 25 heavy (non-hydrogen) atoms. The van der Waals surface area contributed by atoms with Crippen LogP contribution in [-0.2, 0) is 19.1 Å². The van der Waals surface area contributed by atoms with Gasteiger partial charge in [0.25, 0.3) is 5.91 Å². The Hall–Kier alpha value is -2.16. The molecule has 0 aliphatic carbocycles. The molecular weight excluding hydrogens is 330 g/mol. The third kappa shape index (κ3) is 5.15. The summed E-state index contributed by atoms with van der Waals surface area (Å²) in [6.07, 6.45) is -1.52. The minimum absolute atomic E-state index is 0.0810. The number of imide groups is 1. The van der Waals surface area contributed by atoms with Crippen LogP contribution in [0.4, 0.5) is 9.59 Å². The highest BCUT2D eigenvalue weighted by Crippen LogP contribution is 2.27. The summed E-state index contributed by atoms with van der Waals surface area (Å²) in [5, 5.41) is 0.